The fraction of sp³-hybridized carbons (Fsp3) is 0.150. The van der Waals surface area contributed by atoms with Crippen molar-refractivity contribution in [2.75, 3.05) is 6.61 Å². The number of Topliss-reactive ketones (excluding diaryl/α,β-unsaturated/α-hetero) is 1. The number of carbonyl (C=O) groups is 2. The highest BCUT2D eigenvalue weighted by molar-refractivity contribution is 6.38. The standard InChI is InChI=1S/C12H9ClFNO2.C8H7NO3/c1-2-17-12(16)9-6-15-10-4-3-7(14)5-8(10)11(9)13;1-6(10)7-2-4-8(5-3-7)9(11)12/h3-6H,2H2,1H3;2-5H,1H3. The number of hydrogen-bond donors (Lipinski definition) is 0. The predicted octanol–water partition coefficient (Wildman–Crippen LogP) is 5.00. The molecule has 0 aliphatic rings. The van der Waals surface area contributed by atoms with E-state index in [1.54, 1.807) is 6.92 Å². The summed E-state index contributed by atoms with van der Waals surface area (Å²) in [5, 5.41) is 10.8. The highest BCUT2D eigenvalue weighted by Gasteiger charge is 2.15. The Bertz CT molecular complexity index is 1040. The zero-order valence-corrected chi connectivity index (χ0v) is 16.3. The lowest BCUT2D eigenvalue weighted by Gasteiger charge is -2.06. The van der Waals surface area contributed by atoms with Crippen molar-refractivity contribution in [1.82, 2.24) is 4.98 Å². The van der Waals surface area contributed by atoms with E-state index in [0.29, 0.717) is 16.5 Å². The van der Waals surface area contributed by atoms with Crippen LogP contribution in [0.15, 0.2) is 48.7 Å². The van der Waals surface area contributed by atoms with Gasteiger partial charge in [-0.25, -0.2) is 9.18 Å². The van der Waals surface area contributed by atoms with Crippen LogP contribution < -0.4 is 0 Å². The van der Waals surface area contributed by atoms with Gasteiger partial charge in [0.25, 0.3) is 5.69 Å². The summed E-state index contributed by atoms with van der Waals surface area (Å²) in [5.41, 5.74) is 1.16. The lowest BCUT2D eigenvalue weighted by atomic mass is 10.1. The number of aromatic nitrogens is 1. The van der Waals surface area contributed by atoms with Crippen molar-refractivity contribution in [3.05, 3.63) is 80.7 Å². The number of ether oxygens (including phenoxy) is 1. The van der Waals surface area contributed by atoms with Crippen LogP contribution >= 0.6 is 11.6 Å². The van der Waals surface area contributed by atoms with Gasteiger partial charge in [0.2, 0.25) is 0 Å². The van der Waals surface area contributed by atoms with E-state index in [-0.39, 0.29) is 28.7 Å². The van der Waals surface area contributed by atoms with Crippen molar-refractivity contribution >= 4 is 39.9 Å². The number of nitro benzene ring substituents is 1. The van der Waals surface area contributed by atoms with Gasteiger partial charge >= 0.3 is 5.97 Å². The second kappa shape index (κ2) is 9.70. The third-order valence-corrected chi connectivity index (χ3v) is 4.15. The number of carbonyl (C=O) groups excluding carboxylic acids is 2. The molecule has 150 valence electrons. The van der Waals surface area contributed by atoms with Crippen LogP contribution in [0.4, 0.5) is 10.1 Å². The number of fused-ring (bicyclic) bond motifs is 1. The minimum absolute atomic E-state index is 0.000000000000000222. The molecule has 1 aromatic heterocycles. The van der Waals surface area contributed by atoms with Crippen molar-refractivity contribution in [3.8, 4) is 0 Å². The first-order valence-electron chi connectivity index (χ1n) is 8.40. The van der Waals surface area contributed by atoms with Crippen LogP contribution in [-0.2, 0) is 4.74 Å². The summed E-state index contributed by atoms with van der Waals surface area (Å²) in [6, 6.07) is 9.56. The lowest BCUT2D eigenvalue weighted by molar-refractivity contribution is -0.384. The summed E-state index contributed by atoms with van der Waals surface area (Å²) in [5.74, 6) is -1.08. The summed E-state index contributed by atoms with van der Waals surface area (Å²) >= 11 is 6.04. The van der Waals surface area contributed by atoms with Gasteiger partial charge in [-0.15, -0.1) is 0 Å². The summed E-state index contributed by atoms with van der Waals surface area (Å²) in [4.78, 5) is 36.1. The number of benzene rings is 2. The van der Waals surface area contributed by atoms with E-state index in [4.69, 9.17) is 16.3 Å². The van der Waals surface area contributed by atoms with Crippen LogP contribution in [0.25, 0.3) is 10.9 Å². The number of nitrogens with zero attached hydrogens (tertiary/aromatic N) is 2. The maximum absolute atomic E-state index is 13.1. The number of ketones is 1. The van der Waals surface area contributed by atoms with E-state index in [9.17, 15) is 24.1 Å². The number of pyridine rings is 1. The molecule has 0 aliphatic heterocycles. The zero-order chi connectivity index (χ0) is 21.6. The molecule has 0 N–H and O–H groups in total. The molecule has 0 aliphatic carbocycles. The fourth-order valence-corrected chi connectivity index (χ4v) is 2.58. The Kier molecular flexibility index (Phi) is 7.33. The number of rotatable bonds is 4. The van der Waals surface area contributed by atoms with E-state index in [0.717, 1.165) is 0 Å². The molecule has 0 saturated heterocycles. The molecule has 0 atom stereocenters. The first-order chi connectivity index (χ1) is 13.7. The molecule has 0 spiro atoms. The minimum atomic E-state index is -0.559. The Morgan fingerprint density at radius 3 is 2.41 bits per heavy atom. The zero-order valence-electron chi connectivity index (χ0n) is 15.5. The SMILES string of the molecule is CC(=O)c1ccc([N+](=O)[O-])cc1.CCOC(=O)c1cnc2ccc(F)cc2c1Cl. The highest BCUT2D eigenvalue weighted by atomic mass is 35.5. The Labute approximate surface area is 170 Å². The normalized spacial score (nSPS) is 10.1. The van der Waals surface area contributed by atoms with Gasteiger partial charge < -0.3 is 4.74 Å². The van der Waals surface area contributed by atoms with Gasteiger partial charge in [-0.2, -0.15) is 0 Å². The van der Waals surface area contributed by atoms with E-state index in [1.165, 1.54) is 55.6 Å². The second-order valence-electron chi connectivity index (χ2n) is 5.73. The molecule has 0 unspecified atom stereocenters. The quantitative estimate of drug-likeness (QED) is 0.256. The van der Waals surface area contributed by atoms with Crippen LogP contribution in [-0.4, -0.2) is 28.3 Å². The van der Waals surface area contributed by atoms with Crippen LogP contribution in [0, 0.1) is 15.9 Å². The third-order valence-electron chi connectivity index (χ3n) is 3.74. The molecule has 2 aromatic carbocycles. The third kappa shape index (κ3) is 5.55. The van der Waals surface area contributed by atoms with Crippen molar-refractivity contribution in [3.63, 3.8) is 0 Å². The fourth-order valence-electron chi connectivity index (χ4n) is 2.30. The molecule has 9 heteroatoms. The van der Waals surface area contributed by atoms with Crippen molar-refractivity contribution in [2.45, 2.75) is 13.8 Å². The maximum Gasteiger partial charge on any atom is 0.341 e. The minimum Gasteiger partial charge on any atom is -0.462 e. The van der Waals surface area contributed by atoms with Crippen molar-refractivity contribution < 1.29 is 23.6 Å². The topological polar surface area (TPSA) is 99.4 Å². The van der Waals surface area contributed by atoms with Gasteiger partial charge in [-0.3, -0.25) is 19.9 Å². The lowest BCUT2D eigenvalue weighted by Crippen LogP contribution is -2.06. The summed E-state index contributed by atoms with van der Waals surface area (Å²) in [7, 11) is 0. The molecule has 7 nitrogen and oxygen atoms in total. The molecular weight excluding hydrogens is 403 g/mol. The number of nitro groups is 1. The molecule has 3 rings (SSSR count). The van der Waals surface area contributed by atoms with E-state index < -0.39 is 16.7 Å². The number of hydrogen-bond acceptors (Lipinski definition) is 6. The number of non-ortho nitro benzene ring substituents is 1. The first-order valence-corrected chi connectivity index (χ1v) is 8.78. The first kappa shape index (κ1) is 21.9. The maximum atomic E-state index is 13.1. The van der Waals surface area contributed by atoms with Crippen LogP contribution in [0.3, 0.4) is 0 Å². The Hall–Kier alpha value is -3.39. The average molecular weight is 419 g/mol. The van der Waals surface area contributed by atoms with E-state index in [1.807, 2.05) is 0 Å². The molecule has 29 heavy (non-hydrogen) atoms. The van der Waals surface area contributed by atoms with Crippen LogP contribution in [0.1, 0.15) is 34.6 Å². The van der Waals surface area contributed by atoms with Gasteiger partial charge in [0.1, 0.15) is 5.82 Å². The van der Waals surface area contributed by atoms with Crippen LogP contribution in [0.2, 0.25) is 5.02 Å². The molecule has 0 amide bonds. The van der Waals surface area contributed by atoms with Gasteiger partial charge in [0, 0.05) is 29.3 Å². The number of esters is 1. The van der Waals surface area contributed by atoms with E-state index >= 15 is 0 Å². The van der Waals surface area contributed by atoms with Crippen molar-refractivity contribution in [2.24, 2.45) is 0 Å². The Balaban J connectivity index is 0.000000221. The predicted molar refractivity (Wildman–Crippen MR) is 106 cm³/mol. The summed E-state index contributed by atoms with van der Waals surface area (Å²) in [6.07, 6.45) is 1.33. The van der Waals surface area contributed by atoms with Gasteiger partial charge in [-0.1, -0.05) is 11.6 Å². The largest absolute Gasteiger partial charge is 0.462 e. The summed E-state index contributed by atoms with van der Waals surface area (Å²) < 4.78 is 17.9. The molecule has 0 fully saturated rings. The van der Waals surface area contributed by atoms with Gasteiger partial charge in [0.15, 0.2) is 5.78 Å². The smallest absolute Gasteiger partial charge is 0.341 e. The van der Waals surface area contributed by atoms with E-state index in [2.05, 4.69) is 4.98 Å². The number of halogens is 2. The molecule has 0 saturated carbocycles. The van der Waals surface area contributed by atoms with Gasteiger partial charge in [0.05, 0.1) is 27.6 Å². The van der Waals surface area contributed by atoms with Crippen LogP contribution in [0.5, 0.6) is 0 Å². The summed E-state index contributed by atoms with van der Waals surface area (Å²) in [6.45, 7) is 3.36. The Morgan fingerprint density at radius 1 is 1.21 bits per heavy atom. The monoisotopic (exact) mass is 418 g/mol. The Morgan fingerprint density at radius 2 is 1.86 bits per heavy atom. The molecule has 3 aromatic rings. The van der Waals surface area contributed by atoms with Crippen molar-refractivity contribution in [1.29, 1.82) is 0 Å². The second-order valence-corrected chi connectivity index (χ2v) is 6.11. The highest BCUT2D eigenvalue weighted by Crippen LogP contribution is 2.26. The molecular formula is C20H16ClFN2O5. The molecule has 1 heterocycles. The van der Waals surface area contributed by atoms with Gasteiger partial charge in [-0.05, 0) is 44.2 Å². The molecule has 0 bridgehead atoms. The average Bonchev–Trinajstić information content (AvgIpc) is 2.69. The molecule has 0 radical (unpaired) electrons.